The molecule has 2 N–H and O–H groups in total. The van der Waals surface area contributed by atoms with Crippen molar-refractivity contribution in [3.63, 3.8) is 0 Å². The number of aryl methyl sites for hydroxylation is 1. The molecule has 3 heterocycles. The molecule has 1 fully saturated rings. The van der Waals surface area contributed by atoms with Gasteiger partial charge in [0, 0.05) is 48.4 Å². The predicted molar refractivity (Wildman–Crippen MR) is 116 cm³/mol. The van der Waals surface area contributed by atoms with E-state index in [2.05, 4.69) is 74.8 Å². The van der Waals surface area contributed by atoms with Crippen molar-refractivity contribution in [3.05, 3.63) is 55.0 Å². The maximum absolute atomic E-state index is 4.64. The Balaban J connectivity index is 1.60. The summed E-state index contributed by atoms with van der Waals surface area (Å²) in [5, 5.41) is 8.49. The lowest BCUT2D eigenvalue weighted by molar-refractivity contribution is 0.638. The molecule has 5 nitrogen and oxygen atoms in total. The van der Waals surface area contributed by atoms with Gasteiger partial charge in [-0.25, -0.2) is 0 Å². The first-order valence-corrected chi connectivity index (χ1v) is 10.1. The van der Waals surface area contributed by atoms with Gasteiger partial charge in [0.25, 0.3) is 0 Å². The number of hydrogen-bond acceptors (Lipinski definition) is 4. The molecule has 142 valence electrons. The van der Waals surface area contributed by atoms with Crippen molar-refractivity contribution in [1.29, 1.82) is 0 Å². The molecule has 4 aromatic rings. The van der Waals surface area contributed by atoms with Gasteiger partial charge in [0.05, 0.1) is 11.0 Å². The van der Waals surface area contributed by atoms with E-state index in [1.807, 2.05) is 0 Å². The second-order valence-corrected chi connectivity index (χ2v) is 7.67. The van der Waals surface area contributed by atoms with Crippen LogP contribution in [-0.2, 0) is 7.05 Å². The normalized spacial score (nSPS) is 17.7. The van der Waals surface area contributed by atoms with Crippen molar-refractivity contribution in [2.24, 2.45) is 7.05 Å². The molecule has 0 bridgehead atoms. The molecule has 0 saturated carbocycles. The van der Waals surface area contributed by atoms with Crippen LogP contribution in [0.15, 0.2) is 55.0 Å². The Hall–Kier alpha value is -2.92. The third-order valence-electron chi connectivity index (χ3n) is 5.72. The summed E-state index contributed by atoms with van der Waals surface area (Å²) in [6.45, 7) is 2.19. The molecule has 5 heteroatoms. The maximum Gasteiger partial charge on any atom is 0.0966 e. The Kier molecular flexibility index (Phi) is 4.45. The fourth-order valence-corrected chi connectivity index (χ4v) is 4.21. The van der Waals surface area contributed by atoms with Gasteiger partial charge in [0.2, 0.25) is 0 Å². The van der Waals surface area contributed by atoms with Crippen molar-refractivity contribution in [2.75, 3.05) is 18.4 Å². The molecule has 0 spiro atoms. The molecule has 28 heavy (non-hydrogen) atoms. The number of benzene rings is 2. The fraction of sp³-hybridized carbons (Fsp3) is 0.304. The van der Waals surface area contributed by atoms with Crippen molar-refractivity contribution in [3.8, 4) is 11.1 Å². The van der Waals surface area contributed by atoms with Gasteiger partial charge in [-0.05, 0) is 67.6 Å². The number of nitrogens with zero attached hydrogens (tertiary/aromatic N) is 3. The highest BCUT2D eigenvalue weighted by molar-refractivity contribution is 5.97. The van der Waals surface area contributed by atoms with E-state index >= 15 is 0 Å². The zero-order chi connectivity index (χ0) is 18.9. The van der Waals surface area contributed by atoms with Crippen LogP contribution in [0.5, 0.6) is 0 Å². The van der Waals surface area contributed by atoms with Crippen LogP contribution in [0.2, 0.25) is 0 Å². The predicted octanol–water partition coefficient (Wildman–Crippen LogP) is 4.34. The van der Waals surface area contributed by atoms with E-state index < -0.39 is 0 Å². The van der Waals surface area contributed by atoms with E-state index in [0.29, 0.717) is 6.04 Å². The van der Waals surface area contributed by atoms with Crippen LogP contribution in [0.1, 0.15) is 19.3 Å². The molecule has 2 aromatic heterocycles. The molecule has 1 aliphatic heterocycles. The molecule has 2 aromatic carbocycles. The monoisotopic (exact) mass is 371 g/mol. The lowest BCUT2D eigenvalue weighted by Gasteiger charge is -2.19. The largest absolute Gasteiger partial charge is 0.382 e. The minimum Gasteiger partial charge on any atom is -0.382 e. The van der Waals surface area contributed by atoms with Crippen LogP contribution in [0.3, 0.4) is 0 Å². The summed E-state index contributed by atoms with van der Waals surface area (Å²) in [6.07, 6.45) is 9.19. The number of anilines is 1. The van der Waals surface area contributed by atoms with Crippen LogP contribution in [0, 0.1) is 0 Å². The van der Waals surface area contributed by atoms with Crippen LogP contribution in [0.4, 0.5) is 5.69 Å². The van der Waals surface area contributed by atoms with Crippen LogP contribution in [-0.4, -0.2) is 33.7 Å². The average molecular weight is 371 g/mol. The van der Waals surface area contributed by atoms with E-state index in [1.165, 1.54) is 29.3 Å². The van der Waals surface area contributed by atoms with E-state index in [4.69, 9.17) is 0 Å². The van der Waals surface area contributed by atoms with Gasteiger partial charge in [-0.1, -0.05) is 12.1 Å². The zero-order valence-corrected chi connectivity index (χ0v) is 16.2. The molecular formula is C23H25N5. The van der Waals surface area contributed by atoms with Crippen molar-refractivity contribution in [1.82, 2.24) is 19.9 Å². The average Bonchev–Trinajstić information content (AvgIpc) is 2.91. The summed E-state index contributed by atoms with van der Waals surface area (Å²) in [5.74, 6) is 0. The van der Waals surface area contributed by atoms with E-state index in [1.54, 1.807) is 12.4 Å². The number of nitrogens with one attached hydrogen (secondary N) is 2. The second-order valence-electron chi connectivity index (χ2n) is 7.67. The van der Waals surface area contributed by atoms with Crippen LogP contribution >= 0.6 is 0 Å². The molecule has 1 saturated heterocycles. The highest BCUT2D eigenvalue weighted by Gasteiger charge is 2.14. The lowest BCUT2D eigenvalue weighted by atomic mass is 10.0. The number of rotatable bonds is 3. The third-order valence-corrected chi connectivity index (χ3v) is 5.72. The molecule has 0 radical (unpaired) electrons. The summed E-state index contributed by atoms with van der Waals surface area (Å²) in [7, 11) is 2.09. The van der Waals surface area contributed by atoms with Crippen LogP contribution in [0.25, 0.3) is 33.1 Å². The summed E-state index contributed by atoms with van der Waals surface area (Å²) >= 11 is 0. The molecule has 0 aliphatic carbocycles. The van der Waals surface area contributed by atoms with Gasteiger partial charge < -0.3 is 15.2 Å². The van der Waals surface area contributed by atoms with Crippen LogP contribution < -0.4 is 10.6 Å². The quantitative estimate of drug-likeness (QED) is 0.562. The number of hydrogen-bond donors (Lipinski definition) is 2. The zero-order valence-electron chi connectivity index (χ0n) is 16.2. The molecule has 5 rings (SSSR count). The molecule has 1 atom stereocenters. The Morgan fingerprint density at radius 3 is 2.93 bits per heavy atom. The summed E-state index contributed by atoms with van der Waals surface area (Å²) in [5.41, 5.74) is 6.53. The fourth-order valence-electron chi connectivity index (χ4n) is 4.21. The van der Waals surface area contributed by atoms with E-state index in [-0.39, 0.29) is 0 Å². The number of aromatic nitrogens is 3. The highest BCUT2D eigenvalue weighted by Crippen LogP contribution is 2.32. The standard InChI is InChI=1S/C23H25N5/c1-28-12-7-16-4-5-17(13-22(16)28)20-14-19(15-21-23(20)26-11-10-25-21)27-18-3-2-8-24-9-6-18/h4-5,7,10-15,18,24,27H,2-3,6,8-9H2,1H3. The second kappa shape index (κ2) is 7.24. The lowest BCUT2D eigenvalue weighted by Crippen LogP contribution is -2.21. The maximum atomic E-state index is 4.64. The van der Waals surface area contributed by atoms with Crippen molar-refractivity contribution < 1.29 is 0 Å². The summed E-state index contributed by atoms with van der Waals surface area (Å²) < 4.78 is 2.16. The van der Waals surface area contributed by atoms with Gasteiger partial charge >= 0.3 is 0 Å². The smallest absolute Gasteiger partial charge is 0.0966 e. The third kappa shape index (κ3) is 3.22. The van der Waals surface area contributed by atoms with Gasteiger partial charge in [-0.3, -0.25) is 9.97 Å². The SMILES string of the molecule is Cn1ccc2ccc(-c3cc(NC4CCCNCC4)cc4nccnc34)cc21. The first kappa shape index (κ1) is 17.2. The van der Waals surface area contributed by atoms with Gasteiger partial charge in [-0.15, -0.1) is 0 Å². The van der Waals surface area contributed by atoms with Gasteiger partial charge in [0.1, 0.15) is 0 Å². The van der Waals surface area contributed by atoms with Gasteiger partial charge in [-0.2, -0.15) is 0 Å². The number of fused-ring (bicyclic) bond motifs is 2. The molecular weight excluding hydrogens is 346 g/mol. The van der Waals surface area contributed by atoms with E-state index in [0.717, 1.165) is 41.8 Å². The summed E-state index contributed by atoms with van der Waals surface area (Å²) in [6, 6.07) is 13.6. The Morgan fingerprint density at radius 2 is 1.96 bits per heavy atom. The first-order chi connectivity index (χ1) is 13.8. The van der Waals surface area contributed by atoms with Crippen molar-refractivity contribution in [2.45, 2.75) is 25.3 Å². The molecule has 1 aliphatic rings. The molecule has 0 amide bonds. The molecule has 1 unspecified atom stereocenters. The Morgan fingerprint density at radius 1 is 1.04 bits per heavy atom. The first-order valence-electron chi connectivity index (χ1n) is 10.1. The Labute approximate surface area is 164 Å². The van der Waals surface area contributed by atoms with Gasteiger partial charge in [0.15, 0.2) is 0 Å². The minimum absolute atomic E-state index is 0.493. The summed E-state index contributed by atoms with van der Waals surface area (Å²) in [4.78, 5) is 9.23. The van der Waals surface area contributed by atoms with Crippen molar-refractivity contribution >= 4 is 27.6 Å². The van der Waals surface area contributed by atoms with E-state index in [9.17, 15) is 0 Å². The Bertz CT molecular complexity index is 1120. The topological polar surface area (TPSA) is 54.8 Å². The minimum atomic E-state index is 0.493. The highest BCUT2D eigenvalue weighted by atomic mass is 15.0.